The standard InChI is InChI=1S/C26H43O2.Y/c1-16-12-13-25(4)19(14-16)7-8-20-22-10-9-21(17(2)6-11-24(27)28)26(22,5)18(3)15-23(20)25;/h8,16-23H,6-7,9-15H2,1-5H3,(H,27,28);/q-1;. The number of fused-ring (bicyclic) bond motifs is 5. The van der Waals surface area contributed by atoms with E-state index in [0.717, 1.165) is 41.9 Å². The van der Waals surface area contributed by atoms with E-state index in [1.165, 1.54) is 44.9 Å². The van der Waals surface area contributed by atoms with Crippen LogP contribution in [0.2, 0.25) is 0 Å². The van der Waals surface area contributed by atoms with Gasteiger partial charge >= 0.3 is 5.97 Å². The van der Waals surface area contributed by atoms with Gasteiger partial charge in [0, 0.05) is 39.1 Å². The minimum atomic E-state index is -0.630. The van der Waals surface area contributed by atoms with Gasteiger partial charge in [-0.15, -0.1) is 0 Å². The third kappa shape index (κ3) is 3.94. The second kappa shape index (κ2) is 8.84. The minimum absolute atomic E-state index is 0. The van der Waals surface area contributed by atoms with Gasteiger partial charge in [-0.1, -0.05) is 65.2 Å². The molecule has 2 nitrogen and oxygen atoms in total. The smallest absolute Gasteiger partial charge is 0.303 e. The Hall–Kier alpha value is 0.574. The largest absolute Gasteiger partial charge is 0.481 e. The summed E-state index contributed by atoms with van der Waals surface area (Å²) in [6.45, 7) is 12.6. The molecule has 0 aromatic carbocycles. The van der Waals surface area contributed by atoms with Crippen LogP contribution in [-0.4, -0.2) is 11.1 Å². The molecule has 3 heteroatoms. The summed E-state index contributed by atoms with van der Waals surface area (Å²) in [5.74, 6) is 5.74. The fraction of sp³-hybridized carbons (Fsp3) is 0.923. The molecule has 4 aliphatic carbocycles. The molecule has 4 saturated carbocycles. The zero-order valence-corrected chi connectivity index (χ0v) is 22.3. The number of hydrogen-bond acceptors (Lipinski definition) is 1. The van der Waals surface area contributed by atoms with E-state index in [2.05, 4.69) is 41.0 Å². The van der Waals surface area contributed by atoms with Crippen LogP contribution in [0.5, 0.6) is 0 Å². The van der Waals surface area contributed by atoms with Gasteiger partial charge in [-0.2, -0.15) is 12.3 Å². The van der Waals surface area contributed by atoms with Crippen LogP contribution >= 0.6 is 0 Å². The third-order valence-electron chi connectivity index (χ3n) is 10.8. The zero-order valence-electron chi connectivity index (χ0n) is 19.5. The van der Waals surface area contributed by atoms with E-state index in [-0.39, 0.29) is 32.7 Å². The fourth-order valence-electron chi connectivity index (χ4n) is 8.96. The number of hydrogen-bond donors (Lipinski definition) is 1. The Balaban J connectivity index is 0.00000240. The van der Waals surface area contributed by atoms with Gasteiger partial charge in [0.25, 0.3) is 0 Å². The molecule has 0 aliphatic heterocycles. The molecule has 1 N–H and O–H groups in total. The van der Waals surface area contributed by atoms with Gasteiger partial charge in [0.15, 0.2) is 0 Å². The molecule has 4 rings (SSSR count). The van der Waals surface area contributed by atoms with Crippen molar-refractivity contribution in [2.45, 2.75) is 92.4 Å². The van der Waals surface area contributed by atoms with Gasteiger partial charge < -0.3 is 11.5 Å². The Morgan fingerprint density at radius 3 is 2.55 bits per heavy atom. The van der Waals surface area contributed by atoms with Crippen molar-refractivity contribution in [3.05, 3.63) is 6.42 Å². The van der Waals surface area contributed by atoms with E-state index in [1.807, 2.05) is 0 Å². The van der Waals surface area contributed by atoms with Crippen LogP contribution in [0, 0.1) is 64.6 Å². The first-order chi connectivity index (χ1) is 13.2. The Morgan fingerprint density at radius 2 is 1.86 bits per heavy atom. The second-order valence-electron chi connectivity index (χ2n) is 11.9. The maximum absolute atomic E-state index is 11.1. The summed E-state index contributed by atoms with van der Waals surface area (Å²) in [4.78, 5) is 11.1. The van der Waals surface area contributed by atoms with E-state index in [9.17, 15) is 4.79 Å². The molecule has 1 radical (unpaired) electrons. The fourth-order valence-corrected chi connectivity index (χ4v) is 8.96. The van der Waals surface area contributed by atoms with Gasteiger partial charge in [-0.3, -0.25) is 4.79 Å². The maximum Gasteiger partial charge on any atom is 0.303 e. The van der Waals surface area contributed by atoms with E-state index in [1.54, 1.807) is 0 Å². The number of carboxylic acids is 1. The number of aliphatic carboxylic acids is 1. The third-order valence-corrected chi connectivity index (χ3v) is 10.8. The number of carbonyl (C=O) groups is 1. The predicted octanol–water partition coefficient (Wildman–Crippen LogP) is 6.84. The van der Waals surface area contributed by atoms with Crippen LogP contribution in [0.15, 0.2) is 0 Å². The van der Waals surface area contributed by atoms with Crippen LogP contribution in [-0.2, 0) is 37.5 Å². The summed E-state index contributed by atoms with van der Waals surface area (Å²) < 4.78 is 0. The molecule has 0 spiro atoms. The van der Waals surface area contributed by atoms with E-state index < -0.39 is 5.97 Å². The summed E-state index contributed by atoms with van der Waals surface area (Å²) in [6.07, 6.45) is 13.7. The molecule has 0 aromatic heterocycles. The van der Waals surface area contributed by atoms with Crippen molar-refractivity contribution >= 4 is 5.97 Å². The van der Waals surface area contributed by atoms with Gasteiger partial charge in [0.2, 0.25) is 0 Å². The maximum atomic E-state index is 11.1. The Bertz CT molecular complexity index is 606. The summed E-state index contributed by atoms with van der Waals surface area (Å²) >= 11 is 0. The van der Waals surface area contributed by atoms with Gasteiger partial charge in [-0.05, 0) is 66.6 Å². The van der Waals surface area contributed by atoms with Crippen molar-refractivity contribution in [1.82, 2.24) is 0 Å². The number of rotatable bonds is 4. The van der Waals surface area contributed by atoms with Crippen LogP contribution < -0.4 is 0 Å². The van der Waals surface area contributed by atoms with Crippen molar-refractivity contribution in [2.75, 3.05) is 0 Å². The Labute approximate surface area is 204 Å². The monoisotopic (exact) mass is 476 g/mol. The van der Waals surface area contributed by atoms with Gasteiger partial charge in [0.05, 0.1) is 0 Å². The molecule has 4 fully saturated rings. The Kier molecular flexibility index (Phi) is 7.38. The first-order valence-electron chi connectivity index (χ1n) is 12.2. The molecule has 29 heavy (non-hydrogen) atoms. The molecular formula is C26H43O2Y-. The van der Waals surface area contributed by atoms with Crippen molar-refractivity contribution in [3.8, 4) is 0 Å². The van der Waals surface area contributed by atoms with Crippen LogP contribution in [0.25, 0.3) is 0 Å². The summed E-state index contributed by atoms with van der Waals surface area (Å²) in [5.41, 5.74) is 0.968. The SMILES string of the molecule is CC1CCC2(C)C(C[CH-]C3C2CC(C)C2(C)C(C(C)CCC(=O)O)CCC32)C1.[Y]. The van der Waals surface area contributed by atoms with Gasteiger partial charge in [-0.25, -0.2) is 0 Å². The molecular weight excluding hydrogens is 433 g/mol. The van der Waals surface area contributed by atoms with Crippen LogP contribution in [0.3, 0.4) is 0 Å². The van der Waals surface area contributed by atoms with E-state index in [0.29, 0.717) is 29.1 Å². The molecule has 0 saturated heterocycles. The minimum Gasteiger partial charge on any atom is -0.481 e. The average molecular weight is 477 g/mol. The van der Waals surface area contributed by atoms with Crippen LogP contribution in [0.1, 0.15) is 92.4 Å². The van der Waals surface area contributed by atoms with Crippen LogP contribution in [0.4, 0.5) is 0 Å². The zero-order chi connectivity index (χ0) is 20.3. The molecule has 4 aliphatic rings. The molecule has 0 amide bonds. The second-order valence-corrected chi connectivity index (χ2v) is 11.9. The normalized spacial score (nSPS) is 49.9. The summed E-state index contributed by atoms with van der Waals surface area (Å²) in [7, 11) is 0. The van der Waals surface area contributed by atoms with Crippen molar-refractivity contribution in [2.24, 2.45) is 58.2 Å². The molecule has 163 valence electrons. The average Bonchev–Trinajstić information content (AvgIpc) is 3.00. The molecule has 10 atom stereocenters. The molecule has 0 heterocycles. The summed E-state index contributed by atoms with van der Waals surface area (Å²) in [5, 5.41) is 9.16. The first kappa shape index (κ1) is 24.2. The van der Waals surface area contributed by atoms with Gasteiger partial charge in [0.1, 0.15) is 0 Å². The number of carboxylic acid groups (broad SMARTS) is 1. The topological polar surface area (TPSA) is 37.3 Å². The summed E-state index contributed by atoms with van der Waals surface area (Å²) in [6, 6.07) is 0. The molecule has 0 bridgehead atoms. The van der Waals surface area contributed by atoms with Crippen molar-refractivity contribution < 1.29 is 42.6 Å². The van der Waals surface area contributed by atoms with E-state index in [4.69, 9.17) is 5.11 Å². The molecule has 0 aromatic rings. The Morgan fingerprint density at radius 1 is 1.14 bits per heavy atom. The molecule has 10 unspecified atom stereocenters. The predicted molar refractivity (Wildman–Crippen MR) is 115 cm³/mol. The first-order valence-corrected chi connectivity index (χ1v) is 12.2. The van der Waals surface area contributed by atoms with Crippen molar-refractivity contribution in [3.63, 3.8) is 0 Å². The van der Waals surface area contributed by atoms with Crippen molar-refractivity contribution in [1.29, 1.82) is 0 Å². The van der Waals surface area contributed by atoms with E-state index >= 15 is 0 Å². The quantitative estimate of drug-likeness (QED) is 0.451.